The zero-order valence-corrected chi connectivity index (χ0v) is 10.8. The summed E-state index contributed by atoms with van der Waals surface area (Å²) in [4.78, 5) is 15.8. The van der Waals surface area contributed by atoms with Gasteiger partial charge in [0.15, 0.2) is 0 Å². The van der Waals surface area contributed by atoms with Crippen molar-refractivity contribution in [3.63, 3.8) is 0 Å². The molecule has 0 spiro atoms. The van der Waals surface area contributed by atoms with E-state index in [1.165, 1.54) is 0 Å². The molecule has 2 aromatic rings. The molecule has 0 amide bonds. The van der Waals surface area contributed by atoms with E-state index in [-0.39, 0.29) is 5.76 Å². The Morgan fingerprint density at radius 1 is 1.50 bits per heavy atom. The molecule has 94 valence electrons. The third kappa shape index (κ3) is 2.54. The Morgan fingerprint density at radius 3 is 2.94 bits per heavy atom. The number of rotatable bonds is 3. The Labute approximate surface area is 110 Å². The summed E-state index contributed by atoms with van der Waals surface area (Å²) in [5, 5.41) is 0.584. The molecule has 0 aliphatic carbocycles. The molecule has 5 heteroatoms. The van der Waals surface area contributed by atoms with Gasteiger partial charge in [0.1, 0.15) is 0 Å². The normalized spacial score (nSPS) is 10.4. The standard InChI is InChI=1S/C13H12ClNO3/c1-3-17-13(16)11-8(2)15-12(18-11)9-5-4-6-10(14)7-9/h4-7H,3H2,1-2H3. The average molecular weight is 266 g/mol. The number of hydrogen-bond donors (Lipinski definition) is 0. The summed E-state index contributed by atoms with van der Waals surface area (Å²) >= 11 is 5.89. The lowest BCUT2D eigenvalue weighted by molar-refractivity contribution is 0.0490. The molecule has 0 unspecified atom stereocenters. The summed E-state index contributed by atoms with van der Waals surface area (Å²) in [7, 11) is 0. The molecule has 0 radical (unpaired) electrons. The second kappa shape index (κ2) is 5.23. The number of oxazole rings is 1. The first-order valence-corrected chi connectivity index (χ1v) is 5.90. The number of carbonyl (C=O) groups excluding carboxylic acids is 1. The van der Waals surface area contributed by atoms with Crippen LogP contribution in [0.5, 0.6) is 0 Å². The molecule has 1 heterocycles. The van der Waals surface area contributed by atoms with Crippen LogP contribution in [-0.4, -0.2) is 17.6 Å². The van der Waals surface area contributed by atoms with Crippen molar-refractivity contribution in [2.75, 3.05) is 6.61 Å². The van der Waals surface area contributed by atoms with E-state index >= 15 is 0 Å². The van der Waals surface area contributed by atoms with Crippen molar-refractivity contribution in [3.05, 3.63) is 40.7 Å². The number of carbonyl (C=O) groups is 1. The zero-order valence-electron chi connectivity index (χ0n) is 10.1. The third-order valence-electron chi connectivity index (χ3n) is 2.33. The maximum absolute atomic E-state index is 11.6. The topological polar surface area (TPSA) is 52.3 Å². The number of aromatic nitrogens is 1. The lowest BCUT2D eigenvalue weighted by atomic mass is 10.2. The maximum atomic E-state index is 11.6. The van der Waals surface area contributed by atoms with Gasteiger partial charge in [-0.05, 0) is 32.0 Å². The van der Waals surface area contributed by atoms with E-state index in [0.29, 0.717) is 23.2 Å². The van der Waals surface area contributed by atoms with Gasteiger partial charge in [-0.3, -0.25) is 0 Å². The van der Waals surface area contributed by atoms with E-state index in [1.807, 2.05) is 6.07 Å². The highest BCUT2D eigenvalue weighted by molar-refractivity contribution is 6.30. The number of esters is 1. The fraction of sp³-hybridized carbons (Fsp3) is 0.231. The summed E-state index contributed by atoms with van der Waals surface area (Å²) in [6.07, 6.45) is 0. The largest absolute Gasteiger partial charge is 0.460 e. The van der Waals surface area contributed by atoms with Gasteiger partial charge in [0.2, 0.25) is 11.7 Å². The van der Waals surface area contributed by atoms with Crippen molar-refractivity contribution >= 4 is 17.6 Å². The van der Waals surface area contributed by atoms with E-state index in [9.17, 15) is 4.79 Å². The molecule has 1 aromatic carbocycles. The van der Waals surface area contributed by atoms with Crippen molar-refractivity contribution in [3.8, 4) is 11.5 Å². The number of halogens is 1. The van der Waals surface area contributed by atoms with Crippen LogP contribution in [0.25, 0.3) is 11.5 Å². The van der Waals surface area contributed by atoms with Gasteiger partial charge < -0.3 is 9.15 Å². The molecule has 0 N–H and O–H groups in total. The number of nitrogens with zero attached hydrogens (tertiary/aromatic N) is 1. The smallest absolute Gasteiger partial charge is 0.376 e. The minimum Gasteiger partial charge on any atom is -0.460 e. The molecular weight excluding hydrogens is 254 g/mol. The molecule has 0 fully saturated rings. The van der Waals surface area contributed by atoms with E-state index < -0.39 is 5.97 Å². The lowest BCUT2D eigenvalue weighted by Gasteiger charge is -1.98. The van der Waals surface area contributed by atoms with Crippen molar-refractivity contribution in [1.29, 1.82) is 0 Å². The van der Waals surface area contributed by atoms with Gasteiger partial charge in [-0.2, -0.15) is 0 Å². The van der Waals surface area contributed by atoms with Gasteiger partial charge in [-0.15, -0.1) is 0 Å². The summed E-state index contributed by atoms with van der Waals surface area (Å²) in [5.74, 6) is -0.0133. The van der Waals surface area contributed by atoms with Gasteiger partial charge in [0.05, 0.1) is 12.3 Å². The molecule has 0 aliphatic rings. The van der Waals surface area contributed by atoms with E-state index in [4.69, 9.17) is 20.8 Å². The lowest BCUT2D eigenvalue weighted by Crippen LogP contribution is -2.04. The van der Waals surface area contributed by atoms with Crippen LogP contribution in [-0.2, 0) is 4.74 Å². The van der Waals surface area contributed by atoms with E-state index in [2.05, 4.69) is 4.98 Å². The third-order valence-corrected chi connectivity index (χ3v) is 2.56. The minimum absolute atomic E-state index is 0.131. The summed E-state index contributed by atoms with van der Waals surface area (Å²) in [6.45, 7) is 3.73. The molecule has 0 bridgehead atoms. The van der Waals surface area contributed by atoms with Gasteiger partial charge in [-0.25, -0.2) is 9.78 Å². The van der Waals surface area contributed by atoms with Gasteiger partial charge >= 0.3 is 5.97 Å². The molecule has 4 nitrogen and oxygen atoms in total. The van der Waals surface area contributed by atoms with Crippen molar-refractivity contribution in [2.24, 2.45) is 0 Å². The van der Waals surface area contributed by atoms with Crippen LogP contribution >= 0.6 is 11.6 Å². The number of benzene rings is 1. The molecule has 1 aromatic heterocycles. The number of aryl methyl sites for hydroxylation is 1. The molecule has 2 rings (SSSR count). The monoisotopic (exact) mass is 265 g/mol. The Hall–Kier alpha value is -1.81. The van der Waals surface area contributed by atoms with Crippen molar-refractivity contribution < 1.29 is 13.9 Å². The van der Waals surface area contributed by atoms with Crippen LogP contribution in [0.2, 0.25) is 5.02 Å². The Kier molecular flexibility index (Phi) is 3.67. The van der Waals surface area contributed by atoms with Crippen LogP contribution in [0.3, 0.4) is 0 Å². The van der Waals surface area contributed by atoms with Crippen LogP contribution in [0.15, 0.2) is 28.7 Å². The Morgan fingerprint density at radius 2 is 2.28 bits per heavy atom. The molecule has 18 heavy (non-hydrogen) atoms. The molecule has 0 atom stereocenters. The summed E-state index contributed by atoms with van der Waals surface area (Å²) in [5.41, 5.74) is 1.23. The first-order valence-electron chi connectivity index (χ1n) is 5.52. The van der Waals surface area contributed by atoms with Gasteiger partial charge in [0.25, 0.3) is 0 Å². The van der Waals surface area contributed by atoms with E-state index in [1.54, 1.807) is 32.0 Å². The van der Waals surface area contributed by atoms with Crippen molar-refractivity contribution in [1.82, 2.24) is 4.98 Å². The SMILES string of the molecule is CCOC(=O)c1oc(-c2cccc(Cl)c2)nc1C. The Balaban J connectivity index is 2.37. The molecule has 0 saturated carbocycles. The van der Waals surface area contributed by atoms with Crippen LogP contribution in [0, 0.1) is 6.92 Å². The highest BCUT2D eigenvalue weighted by Crippen LogP contribution is 2.24. The van der Waals surface area contributed by atoms with Gasteiger partial charge in [-0.1, -0.05) is 17.7 Å². The maximum Gasteiger partial charge on any atom is 0.376 e. The van der Waals surface area contributed by atoms with Crippen LogP contribution in [0.4, 0.5) is 0 Å². The number of ether oxygens (including phenoxy) is 1. The second-order valence-corrected chi connectivity index (χ2v) is 4.10. The zero-order chi connectivity index (χ0) is 13.1. The van der Waals surface area contributed by atoms with E-state index in [0.717, 1.165) is 5.56 Å². The molecular formula is C13H12ClNO3. The molecule has 0 saturated heterocycles. The quantitative estimate of drug-likeness (QED) is 0.797. The Bertz CT molecular complexity index is 577. The summed E-state index contributed by atoms with van der Waals surface area (Å²) < 4.78 is 10.3. The summed E-state index contributed by atoms with van der Waals surface area (Å²) in [6, 6.07) is 7.09. The van der Waals surface area contributed by atoms with Crippen molar-refractivity contribution in [2.45, 2.75) is 13.8 Å². The first kappa shape index (κ1) is 12.6. The predicted molar refractivity (Wildman–Crippen MR) is 67.6 cm³/mol. The predicted octanol–water partition coefficient (Wildman–Crippen LogP) is 3.48. The number of hydrogen-bond acceptors (Lipinski definition) is 4. The van der Waals surface area contributed by atoms with Crippen LogP contribution < -0.4 is 0 Å². The minimum atomic E-state index is -0.504. The highest BCUT2D eigenvalue weighted by atomic mass is 35.5. The average Bonchev–Trinajstić information content (AvgIpc) is 2.72. The highest BCUT2D eigenvalue weighted by Gasteiger charge is 2.19. The molecule has 0 aliphatic heterocycles. The van der Waals surface area contributed by atoms with Crippen LogP contribution in [0.1, 0.15) is 23.2 Å². The fourth-order valence-corrected chi connectivity index (χ4v) is 1.72. The fourth-order valence-electron chi connectivity index (χ4n) is 1.53. The van der Waals surface area contributed by atoms with Gasteiger partial charge in [0, 0.05) is 10.6 Å². The first-order chi connectivity index (χ1) is 8.61. The second-order valence-electron chi connectivity index (χ2n) is 3.66.